The topological polar surface area (TPSA) is 101 Å². The zero-order valence-corrected chi connectivity index (χ0v) is 13.1. The predicted octanol–water partition coefficient (Wildman–Crippen LogP) is 2.02. The predicted molar refractivity (Wildman–Crippen MR) is 73.9 cm³/mol. The summed E-state index contributed by atoms with van der Waals surface area (Å²) in [6.45, 7) is -1.47. The van der Waals surface area contributed by atoms with E-state index in [1.165, 1.54) is 0 Å². The molecule has 0 aromatic carbocycles. The van der Waals surface area contributed by atoms with E-state index < -0.39 is 45.7 Å². The van der Waals surface area contributed by atoms with Crippen LogP contribution in [0.15, 0.2) is 0 Å². The Kier molecular flexibility index (Phi) is 3.79. The number of halogens is 2. The first kappa shape index (κ1) is 16.8. The van der Waals surface area contributed by atoms with E-state index in [1.54, 1.807) is 0 Å². The van der Waals surface area contributed by atoms with E-state index in [-0.39, 0.29) is 18.3 Å². The molecule has 4 bridgehead atoms. The third-order valence-electron chi connectivity index (χ3n) is 5.57. The van der Waals surface area contributed by atoms with Crippen LogP contribution in [0, 0.1) is 22.7 Å². The zero-order chi connectivity index (χ0) is 17.0. The lowest BCUT2D eigenvalue weighted by molar-refractivity contribution is -0.193. The van der Waals surface area contributed by atoms with Crippen LogP contribution in [0.2, 0.25) is 0 Å². The number of hydrogen-bond acceptors (Lipinski definition) is 4. The van der Waals surface area contributed by atoms with Gasteiger partial charge in [-0.15, -0.1) is 0 Å². The number of esters is 1. The SMILES string of the molecule is O=C(O)C12CC3CC(C1)CC(C(=O)OCC(F)(F)S(=O)O)(C3)C2. The summed E-state index contributed by atoms with van der Waals surface area (Å²) in [4.78, 5) is 24.1. The molecule has 4 saturated carbocycles. The third-order valence-corrected chi connectivity index (χ3v) is 6.20. The summed E-state index contributed by atoms with van der Waals surface area (Å²) in [5.74, 6) is -1.62. The van der Waals surface area contributed by atoms with Crippen LogP contribution in [0.5, 0.6) is 0 Å². The van der Waals surface area contributed by atoms with Gasteiger partial charge in [-0.05, 0) is 50.4 Å². The van der Waals surface area contributed by atoms with Crippen molar-refractivity contribution in [1.82, 2.24) is 0 Å². The second kappa shape index (κ2) is 5.20. The van der Waals surface area contributed by atoms with Gasteiger partial charge in [-0.2, -0.15) is 8.78 Å². The van der Waals surface area contributed by atoms with Gasteiger partial charge in [0.15, 0.2) is 6.61 Å². The molecule has 0 radical (unpaired) electrons. The highest BCUT2D eigenvalue weighted by atomic mass is 32.2. The zero-order valence-electron chi connectivity index (χ0n) is 12.3. The Morgan fingerprint density at radius 3 is 2.17 bits per heavy atom. The summed E-state index contributed by atoms with van der Waals surface area (Å²) in [7, 11) is 0. The number of aliphatic carboxylic acids is 1. The second-order valence-electron chi connectivity index (χ2n) is 7.29. The van der Waals surface area contributed by atoms with Gasteiger partial charge in [-0.3, -0.25) is 9.59 Å². The smallest absolute Gasteiger partial charge is 0.378 e. The molecule has 0 aliphatic heterocycles. The fourth-order valence-corrected chi connectivity index (χ4v) is 5.26. The van der Waals surface area contributed by atoms with Crippen LogP contribution >= 0.6 is 0 Å². The number of rotatable bonds is 5. The van der Waals surface area contributed by atoms with Gasteiger partial charge in [-0.1, -0.05) is 0 Å². The normalized spacial score (nSPS) is 40.0. The number of carboxylic acids is 1. The van der Waals surface area contributed by atoms with Crippen molar-refractivity contribution < 1.29 is 37.0 Å². The molecule has 0 aromatic rings. The average Bonchev–Trinajstić information content (AvgIpc) is 2.43. The summed E-state index contributed by atoms with van der Waals surface area (Å²) in [6, 6.07) is 0. The van der Waals surface area contributed by atoms with E-state index in [2.05, 4.69) is 4.74 Å². The minimum absolute atomic E-state index is 0.0902. The first-order valence-corrected chi connectivity index (χ1v) is 8.59. The lowest BCUT2D eigenvalue weighted by Gasteiger charge is -2.59. The molecule has 2 N–H and O–H groups in total. The standard InChI is InChI=1S/C14H18F2O6S/c15-14(16,23(20)21)7-22-11(19)13-4-8-1-9(5-13)3-12(2-8,6-13)10(17)18/h8-9H,1-7H2,(H,17,18)(H,20,21). The molecule has 0 saturated heterocycles. The van der Waals surface area contributed by atoms with Gasteiger partial charge in [0.2, 0.25) is 11.1 Å². The Morgan fingerprint density at radius 1 is 1.17 bits per heavy atom. The van der Waals surface area contributed by atoms with Crippen LogP contribution in [0.25, 0.3) is 0 Å². The quantitative estimate of drug-likeness (QED) is 0.580. The minimum Gasteiger partial charge on any atom is -0.481 e. The van der Waals surface area contributed by atoms with Gasteiger partial charge >= 0.3 is 17.2 Å². The van der Waals surface area contributed by atoms with Crippen LogP contribution in [0.3, 0.4) is 0 Å². The van der Waals surface area contributed by atoms with Crippen LogP contribution < -0.4 is 0 Å². The number of ether oxygens (including phenoxy) is 1. The second-order valence-corrected chi connectivity index (χ2v) is 8.39. The average molecular weight is 352 g/mol. The van der Waals surface area contributed by atoms with E-state index in [1.807, 2.05) is 0 Å². The number of alkyl halides is 2. The summed E-state index contributed by atoms with van der Waals surface area (Å²) in [5.41, 5.74) is -2.01. The molecule has 6 nitrogen and oxygen atoms in total. The van der Waals surface area contributed by atoms with Gasteiger partial charge in [-0.25, -0.2) is 4.21 Å². The first-order valence-electron chi connectivity index (χ1n) is 7.48. The maximum atomic E-state index is 13.2. The van der Waals surface area contributed by atoms with Crippen molar-refractivity contribution >= 4 is 23.0 Å². The highest BCUT2D eigenvalue weighted by molar-refractivity contribution is 7.80. The van der Waals surface area contributed by atoms with Crippen molar-refractivity contribution in [2.24, 2.45) is 22.7 Å². The van der Waals surface area contributed by atoms with Gasteiger partial charge in [0, 0.05) is 0 Å². The van der Waals surface area contributed by atoms with Crippen molar-refractivity contribution in [1.29, 1.82) is 0 Å². The Hall–Kier alpha value is -1.09. The van der Waals surface area contributed by atoms with E-state index in [0.29, 0.717) is 25.7 Å². The Balaban J connectivity index is 1.78. The molecular formula is C14H18F2O6S. The van der Waals surface area contributed by atoms with Crippen LogP contribution in [0.4, 0.5) is 8.78 Å². The van der Waals surface area contributed by atoms with Gasteiger partial charge in [0.05, 0.1) is 10.8 Å². The number of carboxylic acid groups (broad SMARTS) is 1. The Morgan fingerprint density at radius 2 is 1.70 bits per heavy atom. The molecule has 0 aromatic heterocycles. The largest absolute Gasteiger partial charge is 0.481 e. The van der Waals surface area contributed by atoms with Gasteiger partial charge in [0.25, 0.3) is 0 Å². The minimum atomic E-state index is -4.03. The molecule has 9 heteroatoms. The van der Waals surface area contributed by atoms with Crippen molar-refractivity contribution in [2.75, 3.05) is 6.61 Å². The first-order chi connectivity index (χ1) is 10.6. The Labute approximate surface area is 133 Å². The molecule has 4 rings (SSSR count). The lowest BCUT2D eigenvalue weighted by atomic mass is 9.44. The van der Waals surface area contributed by atoms with Crippen molar-refractivity contribution in [3.63, 3.8) is 0 Å². The fraction of sp³-hybridized carbons (Fsp3) is 0.857. The van der Waals surface area contributed by atoms with E-state index >= 15 is 0 Å². The van der Waals surface area contributed by atoms with E-state index in [4.69, 9.17) is 4.55 Å². The molecule has 130 valence electrons. The fourth-order valence-electron chi connectivity index (χ4n) is 5.10. The van der Waals surface area contributed by atoms with Gasteiger partial charge in [0.1, 0.15) is 0 Å². The van der Waals surface area contributed by atoms with E-state index in [0.717, 1.165) is 6.42 Å². The van der Waals surface area contributed by atoms with Crippen LogP contribution in [-0.2, 0) is 25.4 Å². The summed E-state index contributed by atoms with van der Waals surface area (Å²) in [5, 5.41) is 5.54. The number of carbonyl (C=O) groups excluding carboxylic acids is 1. The summed E-state index contributed by atoms with van der Waals surface area (Å²) < 4.78 is 50.0. The monoisotopic (exact) mass is 352 g/mol. The molecule has 0 amide bonds. The lowest BCUT2D eigenvalue weighted by Crippen LogP contribution is -2.58. The maximum Gasteiger partial charge on any atom is 0.378 e. The molecular weight excluding hydrogens is 334 g/mol. The van der Waals surface area contributed by atoms with Crippen molar-refractivity contribution in [3.8, 4) is 0 Å². The van der Waals surface area contributed by atoms with Crippen molar-refractivity contribution in [2.45, 2.75) is 43.8 Å². The highest BCUT2D eigenvalue weighted by Crippen LogP contribution is 2.65. The van der Waals surface area contributed by atoms with Gasteiger partial charge < -0.3 is 14.4 Å². The third kappa shape index (κ3) is 2.67. The molecule has 0 heterocycles. The highest BCUT2D eigenvalue weighted by Gasteiger charge is 2.64. The van der Waals surface area contributed by atoms with Crippen molar-refractivity contribution in [3.05, 3.63) is 0 Å². The van der Waals surface area contributed by atoms with Crippen LogP contribution in [0.1, 0.15) is 38.5 Å². The van der Waals surface area contributed by atoms with E-state index in [9.17, 15) is 27.7 Å². The number of hydrogen-bond donors (Lipinski definition) is 2. The molecule has 4 aliphatic rings. The molecule has 3 atom stereocenters. The molecule has 4 aliphatic carbocycles. The number of carbonyl (C=O) groups is 2. The molecule has 4 fully saturated rings. The maximum absolute atomic E-state index is 13.2. The molecule has 0 spiro atoms. The molecule has 3 unspecified atom stereocenters. The summed E-state index contributed by atoms with van der Waals surface area (Å²) >= 11 is -3.42. The molecule has 23 heavy (non-hydrogen) atoms. The summed E-state index contributed by atoms with van der Waals surface area (Å²) in [6.07, 6.45) is 2.90. The van der Waals surface area contributed by atoms with Crippen LogP contribution in [-0.4, -0.2) is 37.7 Å². The Bertz CT molecular complexity index is 564.